The average molecular weight is 387 g/mol. The normalized spacial score (nSPS) is 13.4. The summed E-state index contributed by atoms with van der Waals surface area (Å²) in [5.41, 5.74) is 6.12. The monoisotopic (exact) mass is 386 g/mol. The molecular weight excluding hydrogens is 371 g/mol. The second kappa shape index (κ2) is 6.20. The van der Waals surface area contributed by atoms with Gasteiger partial charge in [-0.05, 0) is 11.1 Å². The van der Waals surface area contributed by atoms with Gasteiger partial charge >= 0.3 is 20.4 Å². The van der Waals surface area contributed by atoms with Gasteiger partial charge in [-0.25, -0.2) is 0 Å². The van der Waals surface area contributed by atoms with E-state index in [-0.39, 0.29) is 25.8 Å². The standard InChI is InChI=1S/C22H16.Pd/c1-2-16-22(17-10-4-3-5-11-17)20-14-8-6-12-18(20)19-13-7-9-15-21(19)22;/h1-16H;/q-2;+2. The molecule has 0 N–H and O–H groups in total. The Hall–Kier alpha value is -2.07. The van der Waals surface area contributed by atoms with Gasteiger partial charge in [-0.1, -0.05) is 101 Å². The van der Waals surface area contributed by atoms with Gasteiger partial charge in [0.05, 0.1) is 0 Å². The third kappa shape index (κ3) is 2.20. The summed E-state index contributed by atoms with van der Waals surface area (Å²) in [6.45, 7) is 5.86. The first-order chi connectivity index (χ1) is 10.9. The summed E-state index contributed by atoms with van der Waals surface area (Å²) in [6.07, 6.45) is 3.79. The summed E-state index contributed by atoms with van der Waals surface area (Å²) in [6, 6.07) is 27.8. The van der Waals surface area contributed by atoms with E-state index in [2.05, 4.69) is 85.3 Å². The van der Waals surface area contributed by atoms with Gasteiger partial charge in [-0.15, -0.1) is 0 Å². The molecule has 0 atom stereocenters. The zero-order chi connectivity index (χ0) is 15.0. The van der Waals surface area contributed by atoms with Crippen molar-refractivity contribution in [1.29, 1.82) is 0 Å². The van der Waals surface area contributed by atoms with Crippen LogP contribution in [0.2, 0.25) is 0 Å². The molecule has 0 aromatic heterocycles. The molecule has 0 heterocycles. The molecule has 4 rings (SSSR count). The fraction of sp³-hybridized carbons (Fsp3) is 0.0455. The molecule has 1 heteroatoms. The number of benzene rings is 3. The van der Waals surface area contributed by atoms with Gasteiger partial charge in [0.15, 0.2) is 0 Å². The second-order valence-corrected chi connectivity index (χ2v) is 5.62. The van der Waals surface area contributed by atoms with E-state index in [1.807, 2.05) is 0 Å². The molecule has 1 aliphatic carbocycles. The van der Waals surface area contributed by atoms with Crippen LogP contribution in [-0.4, -0.2) is 0 Å². The third-order valence-electron chi connectivity index (χ3n) is 4.57. The maximum absolute atomic E-state index is 5.86. The molecule has 0 saturated carbocycles. The van der Waals surface area contributed by atoms with Crippen LogP contribution >= 0.6 is 0 Å². The molecule has 0 saturated heterocycles. The fourth-order valence-corrected chi connectivity index (χ4v) is 3.70. The number of allylic oxidation sites excluding steroid dienone is 1. The molecule has 23 heavy (non-hydrogen) atoms. The Bertz CT molecular complexity index is 788. The first-order valence-electron chi connectivity index (χ1n) is 7.52. The van der Waals surface area contributed by atoms with Crippen molar-refractivity contribution in [2.45, 2.75) is 5.41 Å². The smallest absolute Gasteiger partial charge is 0.548 e. The van der Waals surface area contributed by atoms with Crippen molar-refractivity contribution in [1.82, 2.24) is 0 Å². The minimum atomic E-state index is -0.302. The van der Waals surface area contributed by atoms with Crippen LogP contribution in [0.1, 0.15) is 16.7 Å². The van der Waals surface area contributed by atoms with Gasteiger partial charge in [-0.3, -0.25) is 0 Å². The van der Waals surface area contributed by atoms with Gasteiger partial charge in [0, 0.05) is 0 Å². The van der Waals surface area contributed by atoms with E-state index >= 15 is 0 Å². The van der Waals surface area contributed by atoms with Crippen LogP contribution in [0, 0.1) is 13.0 Å². The molecule has 0 unspecified atom stereocenters. The Kier molecular flexibility index (Phi) is 4.27. The van der Waals surface area contributed by atoms with Crippen LogP contribution in [0.5, 0.6) is 0 Å². The molecule has 3 aromatic rings. The van der Waals surface area contributed by atoms with Crippen LogP contribution in [0.4, 0.5) is 0 Å². The molecule has 0 nitrogen and oxygen atoms in total. The van der Waals surface area contributed by atoms with E-state index in [1.165, 1.54) is 27.8 Å². The first kappa shape index (κ1) is 15.8. The van der Waals surface area contributed by atoms with Crippen molar-refractivity contribution in [3.05, 3.63) is 115 Å². The Labute approximate surface area is 151 Å². The van der Waals surface area contributed by atoms with Crippen molar-refractivity contribution in [3.8, 4) is 11.1 Å². The molecule has 0 bridgehead atoms. The molecular formula is C22H16Pd. The van der Waals surface area contributed by atoms with Crippen LogP contribution in [0.3, 0.4) is 0 Å². The molecule has 0 aliphatic heterocycles. The Morgan fingerprint density at radius 1 is 0.696 bits per heavy atom. The molecule has 3 aromatic carbocycles. The van der Waals surface area contributed by atoms with Gasteiger partial charge in [0.25, 0.3) is 0 Å². The van der Waals surface area contributed by atoms with Crippen LogP contribution < -0.4 is 0 Å². The predicted molar refractivity (Wildman–Crippen MR) is 91.4 cm³/mol. The van der Waals surface area contributed by atoms with E-state index in [1.54, 1.807) is 6.08 Å². The SMILES string of the molecule is [CH-]=C[CH-]C1(c2ccccc2)c2ccccc2-c2ccccc21.[Pd+2]. The number of fused-ring (bicyclic) bond motifs is 3. The Morgan fingerprint density at radius 2 is 1.17 bits per heavy atom. The molecule has 114 valence electrons. The van der Waals surface area contributed by atoms with Crippen LogP contribution in [0.25, 0.3) is 11.1 Å². The quantitative estimate of drug-likeness (QED) is 0.429. The first-order valence-corrected chi connectivity index (χ1v) is 7.52. The second-order valence-electron chi connectivity index (χ2n) is 5.62. The number of hydrogen-bond donors (Lipinski definition) is 0. The summed E-state index contributed by atoms with van der Waals surface area (Å²) in [5, 5.41) is 0. The Balaban J connectivity index is 0.00000156. The maximum Gasteiger partial charge on any atom is 2.00 e. The van der Waals surface area contributed by atoms with Gasteiger partial charge < -0.3 is 19.1 Å². The summed E-state index contributed by atoms with van der Waals surface area (Å²) >= 11 is 0. The zero-order valence-electron chi connectivity index (χ0n) is 12.6. The van der Waals surface area contributed by atoms with E-state index in [0.29, 0.717) is 0 Å². The van der Waals surface area contributed by atoms with Gasteiger partial charge in [-0.2, -0.15) is 0 Å². The fourth-order valence-electron chi connectivity index (χ4n) is 3.70. The predicted octanol–water partition coefficient (Wildman–Crippen LogP) is 5.19. The molecule has 0 fully saturated rings. The van der Waals surface area contributed by atoms with Crippen molar-refractivity contribution in [3.63, 3.8) is 0 Å². The van der Waals surface area contributed by atoms with Gasteiger partial charge in [0.2, 0.25) is 0 Å². The van der Waals surface area contributed by atoms with E-state index in [9.17, 15) is 0 Å². The Morgan fingerprint density at radius 3 is 1.70 bits per heavy atom. The third-order valence-corrected chi connectivity index (χ3v) is 4.57. The summed E-state index contributed by atoms with van der Waals surface area (Å²) in [5.74, 6) is 0. The zero-order valence-corrected chi connectivity index (χ0v) is 14.1. The van der Waals surface area contributed by atoms with Crippen molar-refractivity contribution in [2.75, 3.05) is 0 Å². The minimum Gasteiger partial charge on any atom is -0.548 e. The van der Waals surface area contributed by atoms with E-state index in [0.717, 1.165) is 0 Å². The van der Waals surface area contributed by atoms with Crippen LogP contribution in [0.15, 0.2) is 84.9 Å². The van der Waals surface area contributed by atoms with E-state index < -0.39 is 0 Å². The molecule has 0 amide bonds. The topological polar surface area (TPSA) is 0 Å². The van der Waals surface area contributed by atoms with Crippen molar-refractivity contribution < 1.29 is 20.4 Å². The molecule has 1 aliphatic rings. The maximum atomic E-state index is 5.86. The van der Waals surface area contributed by atoms with E-state index in [4.69, 9.17) is 6.58 Å². The van der Waals surface area contributed by atoms with Crippen molar-refractivity contribution >= 4 is 0 Å². The number of rotatable bonds is 3. The van der Waals surface area contributed by atoms with Crippen molar-refractivity contribution in [2.24, 2.45) is 0 Å². The average Bonchev–Trinajstić information content (AvgIpc) is 2.88. The largest absolute Gasteiger partial charge is 2.00 e. The van der Waals surface area contributed by atoms with Gasteiger partial charge in [0.1, 0.15) is 0 Å². The molecule has 0 spiro atoms. The summed E-state index contributed by atoms with van der Waals surface area (Å²) in [4.78, 5) is 0. The summed E-state index contributed by atoms with van der Waals surface area (Å²) in [7, 11) is 0. The minimum absolute atomic E-state index is 0. The number of hydrogen-bond acceptors (Lipinski definition) is 0. The molecule has 0 radical (unpaired) electrons. The summed E-state index contributed by atoms with van der Waals surface area (Å²) < 4.78 is 0. The van der Waals surface area contributed by atoms with Crippen LogP contribution in [-0.2, 0) is 25.8 Å².